The second-order valence-corrected chi connectivity index (χ2v) is 5.77. The first kappa shape index (κ1) is 19.3. The average molecular weight is 338 g/mol. The van der Waals surface area contributed by atoms with Gasteiger partial charge in [-0.3, -0.25) is 9.69 Å². The van der Waals surface area contributed by atoms with Crippen LogP contribution in [0.4, 0.5) is 27.6 Å². The van der Waals surface area contributed by atoms with E-state index in [1.165, 1.54) is 6.92 Å². The zero-order valence-corrected chi connectivity index (χ0v) is 13.3. The van der Waals surface area contributed by atoms with Crippen LogP contribution in [-0.4, -0.2) is 30.4 Å². The lowest BCUT2D eigenvalue weighted by Gasteiger charge is -2.24. The van der Waals surface area contributed by atoms with Gasteiger partial charge in [-0.05, 0) is 32.9 Å². The number of rotatable bonds is 6. The molecule has 1 aromatic rings. The van der Waals surface area contributed by atoms with E-state index in [2.05, 4.69) is 0 Å². The van der Waals surface area contributed by atoms with E-state index < -0.39 is 46.7 Å². The Kier molecular flexibility index (Phi) is 6.49. The first-order chi connectivity index (χ1) is 10.6. The van der Waals surface area contributed by atoms with Crippen LogP contribution >= 0.6 is 0 Å². The number of hydrogen-bond donors (Lipinski definition) is 1. The molecule has 0 spiro atoms. The van der Waals surface area contributed by atoms with Crippen LogP contribution in [0.5, 0.6) is 0 Å². The van der Waals surface area contributed by atoms with Gasteiger partial charge in [0.25, 0.3) is 0 Å². The highest BCUT2D eigenvalue weighted by Crippen LogP contribution is 2.27. The van der Waals surface area contributed by atoms with E-state index in [0.29, 0.717) is 12.5 Å². The number of nitrogens with zero attached hydrogens (tertiary/aromatic N) is 1. The number of amides is 1. The molecule has 0 heterocycles. The molecule has 130 valence electrons. The van der Waals surface area contributed by atoms with Crippen LogP contribution in [0.2, 0.25) is 0 Å². The van der Waals surface area contributed by atoms with E-state index in [9.17, 15) is 26.7 Å². The number of carbonyl (C=O) groups excluding carboxylic acids is 1. The lowest BCUT2D eigenvalue weighted by molar-refractivity contribution is -0.120. The van der Waals surface area contributed by atoms with E-state index in [1.807, 2.05) is 13.8 Å². The topological polar surface area (TPSA) is 32.3 Å². The van der Waals surface area contributed by atoms with Crippen molar-refractivity contribution in [3.63, 3.8) is 0 Å². The maximum atomic E-state index is 13.5. The van der Waals surface area contributed by atoms with Crippen LogP contribution in [0.25, 0.3) is 0 Å². The highest BCUT2D eigenvalue weighted by molar-refractivity contribution is 5.94. The lowest BCUT2D eigenvalue weighted by atomic mass is 10.1. The van der Waals surface area contributed by atoms with Crippen LogP contribution in [0.15, 0.2) is 0 Å². The minimum absolute atomic E-state index is 0.392. The highest BCUT2D eigenvalue weighted by Gasteiger charge is 2.28. The van der Waals surface area contributed by atoms with Crippen LogP contribution < -0.4 is 5.32 Å². The molecule has 0 aromatic heterocycles. The predicted molar refractivity (Wildman–Crippen MR) is 76.4 cm³/mol. The number of likely N-dealkylation sites (N-methyl/N-ethyl adjacent to an activating group) is 1. The summed E-state index contributed by atoms with van der Waals surface area (Å²) in [6, 6.07) is -0.802. The van der Waals surface area contributed by atoms with E-state index in [4.69, 9.17) is 0 Å². The number of nitrogens with one attached hydrogen (secondary N) is 1. The van der Waals surface area contributed by atoms with E-state index in [-0.39, 0.29) is 0 Å². The van der Waals surface area contributed by atoms with Crippen molar-refractivity contribution in [1.82, 2.24) is 4.90 Å². The number of anilines is 1. The second kappa shape index (κ2) is 7.72. The van der Waals surface area contributed by atoms with Gasteiger partial charge in [-0.2, -0.15) is 0 Å². The quantitative estimate of drug-likeness (QED) is 0.487. The molecule has 1 N–H and O–H groups in total. The fourth-order valence-corrected chi connectivity index (χ4v) is 1.80. The molecule has 0 aliphatic carbocycles. The Balaban J connectivity index is 2.94. The number of benzene rings is 1. The summed E-state index contributed by atoms with van der Waals surface area (Å²) < 4.78 is 66.2. The molecule has 0 aliphatic rings. The van der Waals surface area contributed by atoms with E-state index in [0.717, 1.165) is 6.42 Å². The molecule has 3 nitrogen and oxygen atoms in total. The van der Waals surface area contributed by atoms with Gasteiger partial charge in [0.05, 0.1) is 6.04 Å². The first-order valence-corrected chi connectivity index (χ1v) is 7.10. The van der Waals surface area contributed by atoms with Crippen LogP contribution in [-0.2, 0) is 4.79 Å². The van der Waals surface area contributed by atoms with Crippen molar-refractivity contribution >= 4 is 11.6 Å². The summed E-state index contributed by atoms with van der Waals surface area (Å²) in [5.41, 5.74) is -1.34. The van der Waals surface area contributed by atoms with Gasteiger partial charge in [-0.25, -0.2) is 22.0 Å². The molecule has 1 rings (SSSR count). The Bertz CT molecular complexity index is 563. The van der Waals surface area contributed by atoms with Gasteiger partial charge < -0.3 is 5.32 Å². The van der Waals surface area contributed by atoms with Gasteiger partial charge in [-0.1, -0.05) is 13.8 Å². The summed E-state index contributed by atoms with van der Waals surface area (Å²) in [5.74, 6) is -11.1. The summed E-state index contributed by atoms with van der Waals surface area (Å²) in [6.07, 6.45) is 0.788. The summed E-state index contributed by atoms with van der Waals surface area (Å²) in [7, 11) is 1.63. The molecule has 0 fully saturated rings. The minimum atomic E-state index is -2.26. The second-order valence-electron chi connectivity index (χ2n) is 5.77. The van der Waals surface area contributed by atoms with Gasteiger partial charge in [0, 0.05) is 0 Å². The van der Waals surface area contributed by atoms with E-state index >= 15 is 0 Å². The SMILES string of the molecule is CC(C)CCN(C)C(C)C(=O)Nc1c(F)c(F)c(F)c(F)c1F. The van der Waals surface area contributed by atoms with Crippen molar-refractivity contribution in [1.29, 1.82) is 0 Å². The molecule has 0 aliphatic heterocycles. The molecule has 0 radical (unpaired) electrons. The van der Waals surface area contributed by atoms with Crippen molar-refractivity contribution in [2.45, 2.75) is 33.2 Å². The first-order valence-electron chi connectivity index (χ1n) is 7.10. The fraction of sp³-hybridized carbons (Fsp3) is 0.533. The zero-order chi connectivity index (χ0) is 17.9. The Morgan fingerprint density at radius 1 is 0.957 bits per heavy atom. The molecule has 1 unspecified atom stereocenters. The third-order valence-corrected chi connectivity index (χ3v) is 3.56. The summed E-state index contributed by atoms with van der Waals surface area (Å²) in [4.78, 5) is 13.6. The largest absolute Gasteiger partial charge is 0.320 e. The molecule has 1 aromatic carbocycles. The fourth-order valence-electron chi connectivity index (χ4n) is 1.80. The van der Waals surface area contributed by atoms with Gasteiger partial charge in [0.15, 0.2) is 23.3 Å². The van der Waals surface area contributed by atoms with Gasteiger partial charge >= 0.3 is 0 Å². The molecule has 0 bridgehead atoms. The molecule has 1 atom stereocenters. The molecule has 0 saturated heterocycles. The standard InChI is InChI=1S/C15H19F5N2O/c1-7(2)5-6-22(4)8(3)15(23)21-14-12(19)10(17)9(16)11(18)13(14)20/h7-8H,5-6H2,1-4H3,(H,21,23). The summed E-state index contributed by atoms with van der Waals surface area (Å²) in [6.45, 7) is 6.01. The monoisotopic (exact) mass is 338 g/mol. The van der Waals surface area contributed by atoms with Gasteiger partial charge in [0.1, 0.15) is 5.69 Å². The molecule has 0 saturated carbocycles. The lowest BCUT2D eigenvalue weighted by Crippen LogP contribution is -2.40. The van der Waals surface area contributed by atoms with Crippen LogP contribution in [0.1, 0.15) is 27.2 Å². The zero-order valence-electron chi connectivity index (χ0n) is 13.3. The van der Waals surface area contributed by atoms with Crippen molar-refractivity contribution in [2.24, 2.45) is 5.92 Å². The molecular formula is C15H19F5N2O. The average Bonchev–Trinajstić information content (AvgIpc) is 2.51. The Hall–Kier alpha value is -1.70. The van der Waals surface area contributed by atoms with Crippen molar-refractivity contribution in [2.75, 3.05) is 18.9 Å². The van der Waals surface area contributed by atoms with Crippen LogP contribution in [0, 0.1) is 35.0 Å². The third-order valence-electron chi connectivity index (χ3n) is 3.56. The predicted octanol–water partition coefficient (Wildman–Crippen LogP) is 3.69. The molecule has 1 amide bonds. The molecule has 23 heavy (non-hydrogen) atoms. The normalized spacial score (nSPS) is 12.8. The van der Waals surface area contributed by atoms with Crippen molar-refractivity contribution < 1.29 is 26.7 Å². The summed E-state index contributed by atoms with van der Waals surface area (Å²) in [5, 5.41) is 1.78. The molecular weight excluding hydrogens is 319 g/mol. The number of halogens is 5. The highest BCUT2D eigenvalue weighted by atomic mass is 19.2. The van der Waals surface area contributed by atoms with E-state index in [1.54, 1.807) is 17.3 Å². The van der Waals surface area contributed by atoms with Gasteiger partial charge in [-0.15, -0.1) is 0 Å². The van der Waals surface area contributed by atoms with Crippen molar-refractivity contribution in [3.8, 4) is 0 Å². The maximum absolute atomic E-state index is 13.5. The number of hydrogen-bond acceptors (Lipinski definition) is 2. The van der Waals surface area contributed by atoms with Crippen molar-refractivity contribution in [3.05, 3.63) is 29.1 Å². The Labute approximate surface area is 131 Å². The maximum Gasteiger partial charge on any atom is 0.241 e. The minimum Gasteiger partial charge on any atom is -0.320 e. The van der Waals surface area contributed by atoms with Crippen LogP contribution in [0.3, 0.4) is 0 Å². The number of carbonyl (C=O) groups is 1. The summed E-state index contributed by atoms with van der Waals surface area (Å²) >= 11 is 0. The Morgan fingerprint density at radius 2 is 1.39 bits per heavy atom. The Morgan fingerprint density at radius 3 is 1.83 bits per heavy atom. The third kappa shape index (κ3) is 4.40. The smallest absolute Gasteiger partial charge is 0.241 e. The molecule has 8 heteroatoms. The van der Waals surface area contributed by atoms with Gasteiger partial charge in [0.2, 0.25) is 11.7 Å².